The van der Waals surface area contributed by atoms with Crippen molar-refractivity contribution in [2.45, 2.75) is 117 Å². The molecule has 2 saturated heterocycles. The number of carbonyl (C=O) groups is 2. The smallest absolute Gasteiger partial charge is 0.315 e. The second-order valence-corrected chi connectivity index (χ2v) is 16.0. The predicted molar refractivity (Wildman–Crippen MR) is 166 cm³/mol. The molecule has 5 fully saturated rings. The number of likely N-dealkylation sites (tertiary alicyclic amines) is 1. The van der Waals surface area contributed by atoms with Crippen molar-refractivity contribution >= 4 is 12.3 Å². The third kappa shape index (κ3) is 4.12. The van der Waals surface area contributed by atoms with Crippen LogP contribution in [-0.2, 0) is 14.3 Å². The number of carbonyl (C=O) groups excluding carboxylic acids is 1. The Morgan fingerprint density at radius 2 is 2.00 bits per heavy atom. The lowest BCUT2D eigenvalue weighted by Gasteiger charge is -2.60. The van der Waals surface area contributed by atoms with E-state index in [-0.39, 0.29) is 30.0 Å². The molecule has 236 valence electrons. The lowest BCUT2D eigenvalue weighted by atomic mass is 9.41. The van der Waals surface area contributed by atoms with Gasteiger partial charge in [0.1, 0.15) is 11.7 Å². The first-order valence-corrected chi connectivity index (χ1v) is 17.5. The Kier molecular flexibility index (Phi) is 8.27. The summed E-state index contributed by atoms with van der Waals surface area (Å²) >= 11 is 0. The van der Waals surface area contributed by atoms with Gasteiger partial charge in [0.05, 0.1) is 17.6 Å². The van der Waals surface area contributed by atoms with E-state index in [0.29, 0.717) is 30.2 Å². The Hall–Kier alpha value is -1.24. The highest BCUT2D eigenvalue weighted by atomic mass is 16.5. The van der Waals surface area contributed by atoms with Crippen molar-refractivity contribution in [3.8, 4) is 0 Å². The number of nitrogens with zero attached hydrogens (tertiary/aromatic N) is 2. The number of hydrogen-bond donors (Lipinski definition) is 1. The average molecular weight is 583 g/mol. The fourth-order valence-corrected chi connectivity index (χ4v) is 12.1. The van der Waals surface area contributed by atoms with Gasteiger partial charge in [-0.1, -0.05) is 65.0 Å². The summed E-state index contributed by atoms with van der Waals surface area (Å²) in [4.78, 5) is 32.5. The number of carboxylic acid groups (broad SMARTS) is 1. The number of allylic oxidation sites excluding steroid dienone is 1. The molecule has 3 saturated carbocycles. The van der Waals surface area contributed by atoms with E-state index in [0.717, 1.165) is 63.5 Å². The highest BCUT2D eigenvalue weighted by Gasteiger charge is 2.86. The van der Waals surface area contributed by atoms with E-state index >= 15 is 0 Å². The zero-order valence-electron chi connectivity index (χ0n) is 27.3. The number of unbranched alkanes of at least 4 members (excludes halogenated alkanes) is 1. The molecule has 4 aliphatic carbocycles. The fraction of sp³-hybridized carbons (Fsp3) is 0.889. The van der Waals surface area contributed by atoms with E-state index in [1.807, 2.05) is 0 Å². The van der Waals surface area contributed by atoms with Crippen molar-refractivity contribution < 1.29 is 19.4 Å². The van der Waals surface area contributed by atoms with E-state index in [9.17, 15) is 14.7 Å². The van der Waals surface area contributed by atoms with Crippen LogP contribution < -0.4 is 0 Å². The zero-order valence-corrected chi connectivity index (χ0v) is 27.3. The van der Waals surface area contributed by atoms with E-state index < -0.39 is 22.2 Å². The molecular weight excluding hydrogens is 524 g/mol. The number of hydrogen-bond acceptors (Lipinski definition) is 5. The number of likely N-dealkylation sites (N-methyl/N-ethyl adjacent to an activating group) is 2. The minimum atomic E-state index is -1.14. The Balaban J connectivity index is 1.36. The van der Waals surface area contributed by atoms with Crippen LogP contribution in [0.1, 0.15) is 98.3 Å². The van der Waals surface area contributed by atoms with Crippen LogP contribution in [0.4, 0.5) is 0 Å². The Morgan fingerprint density at radius 3 is 2.67 bits per heavy atom. The van der Waals surface area contributed by atoms with Gasteiger partial charge in [-0.15, -0.1) is 0 Å². The SMILES string of the molecule is CCCCC1CC(C23C[C@@H]4[C@H](C)CC[C@H]4C4(C=O)CC2C=C(C(C)C)C34C(=O)O)OC1CN(C)CC1CCCCN1C. The van der Waals surface area contributed by atoms with Crippen molar-refractivity contribution in [3.63, 3.8) is 0 Å². The first kappa shape index (κ1) is 30.8. The molecule has 6 rings (SSSR count). The summed E-state index contributed by atoms with van der Waals surface area (Å²) in [5.41, 5.74) is -1.45. The molecule has 8 unspecified atom stereocenters. The van der Waals surface area contributed by atoms with Crippen molar-refractivity contribution in [1.82, 2.24) is 9.80 Å². The molecule has 0 aromatic rings. The van der Waals surface area contributed by atoms with Gasteiger partial charge in [-0.25, -0.2) is 0 Å². The third-order valence-electron chi connectivity index (χ3n) is 13.8. The second-order valence-electron chi connectivity index (χ2n) is 16.0. The second kappa shape index (κ2) is 11.3. The van der Waals surface area contributed by atoms with Gasteiger partial charge in [0.15, 0.2) is 0 Å². The Bertz CT molecular complexity index is 1070. The standard InChI is InChI=1S/C36H58N2O4/c1-7-8-11-25-16-32(42-31(25)21-37(5)20-27-12-9-10-15-38(27)6)35-19-28-24(4)13-14-29(28)34(22-39)18-26(35)17-30(23(2)3)36(34,35)33(40)41/h17,22-29,31-32H,7-16,18-21H2,1-6H3,(H,40,41)/t24-,25?,26?,27?,28-,29-,31?,32?,34?,35?,36?/m1/s1. The number of fused-ring (bicyclic) bond motifs is 2. The van der Waals surface area contributed by atoms with Gasteiger partial charge in [-0.2, -0.15) is 0 Å². The summed E-state index contributed by atoms with van der Waals surface area (Å²) in [5, 5.41) is 11.5. The monoisotopic (exact) mass is 582 g/mol. The van der Waals surface area contributed by atoms with Gasteiger partial charge >= 0.3 is 5.97 Å². The van der Waals surface area contributed by atoms with Gasteiger partial charge in [0.25, 0.3) is 0 Å². The van der Waals surface area contributed by atoms with Crippen LogP contribution in [0, 0.1) is 51.8 Å². The molecule has 6 nitrogen and oxygen atoms in total. The van der Waals surface area contributed by atoms with Crippen molar-refractivity contribution in [2.24, 2.45) is 51.8 Å². The molecule has 2 heterocycles. The van der Waals surface area contributed by atoms with Gasteiger partial charge in [-0.05, 0) is 101 Å². The van der Waals surface area contributed by atoms with E-state index in [4.69, 9.17) is 4.74 Å². The van der Waals surface area contributed by atoms with Crippen molar-refractivity contribution in [3.05, 3.63) is 11.6 Å². The maximum atomic E-state index is 14.0. The van der Waals surface area contributed by atoms with Gasteiger partial charge in [0.2, 0.25) is 0 Å². The molecular formula is C36H58N2O4. The first-order valence-electron chi connectivity index (χ1n) is 17.5. The Morgan fingerprint density at radius 1 is 1.21 bits per heavy atom. The van der Waals surface area contributed by atoms with E-state index in [1.54, 1.807) is 0 Å². The highest BCUT2D eigenvalue weighted by molar-refractivity contribution is 5.90. The third-order valence-corrected chi connectivity index (χ3v) is 13.8. The molecule has 6 aliphatic rings. The van der Waals surface area contributed by atoms with Gasteiger partial charge in [0, 0.05) is 24.5 Å². The average Bonchev–Trinajstić information content (AvgIpc) is 3.66. The predicted octanol–water partition coefficient (Wildman–Crippen LogP) is 6.29. The molecule has 2 aliphatic heterocycles. The lowest BCUT2D eigenvalue weighted by Crippen LogP contribution is -2.65. The maximum Gasteiger partial charge on any atom is 0.315 e. The molecule has 1 N–H and O–H groups in total. The Labute approximate surface area is 255 Å². The summed E-state index contributed by atoms with van der Waals surface area (Å²) in [6, 6.07) is 0.597. The van der Waals surface area contributed by atoms with Gasteiger partial charge in [-0.3, -0.25) is 4.79 Å². The summed E-state index contributed by atoms with van der Waals surface area (Å²) in [6.07, 6.45) is 15.5. The molecule has 42 heavy (non-hydrogen) atoms. The minimum Gasteiger partial charge on any atom is -0.481 e. The molecule has 6 heteroatoms. The van der Waals surface area contributed by atoms with Crippen LogP contribution in [-0.4, -0.2) is 79.1 Å². The zero-order chi connectivity index (χ0) is 30.0. The van der Waals surface area contributed by atoms with Crippen LogP contribution >= 0.6 is 0 Å². The lowest BCUT2D eigenvalue weighted by molar-refractivity contribution is -0.197. The number of carboxylic acids is 1. The molecule has 0 amide bonds. The molecule has 4 bridgehead atoms. The maximum absolute atomic E-state index is 14.0. The van der Waals surface area contributed by atoms with Crippen molar-refractivity contribution in [2.75, 3.05) is 33.7 Å². The number of aliphatic carboxylic acids is 1. The van der Waals surface area contributed by atoms with E-state index in [1.165, 1.54) is 32.2 Å². The highest BCUT2D eigenvalue weighted by Crippen LogP contribution is 2.84. The summed E-state index contributed by atoms with van der Waals surface area (Å²) in [7, 11) is 4.52. The van der Waals surface area contributed by atoms with Crippen molar-refractivity contribution in [1.29, 1.82) is 0 Å². The van der Waals surface area contributed by atoms with Crippen LogP contribution in [0.25, 0.3) is 0 Å². The molecule has 11 atom stereocenters. The molecule has 0 aromatic carbocycles. The van der Waals surface area contributed by atoms with Crippen LogP contribution in [0.2, 0.25) is 0 Å². The fourth-order valence-electron chi connectivity index (χ4n) is 12.1. The summed E-state index contributed by atoms with van der Waals surface area (Å²) < 4.78 is 7.31. The summed E-state index contributed by atoms with van der Waals surface area (Å²) in [6.45, 7) is 12.1. The normalized spacial score (nSPS) is 46.4. The summed E-state index contributed by atoms with van der Waals surface area (Å²) in [5.74, 6) is 1.02. The van der Waals surface area contributed by atoms with E-state index in [2.05, 4.69) is 57.7 Å². The topological polar surface area (TPSA) is 70.1 Å². The van der Waals surface area contributed by atoms with Gasteiger partial charge < -0.3 is 24.4 Å². The van der Waals surface area contributed by atoms with Crippen LogP contribution in [0.15, 0.2) is 11.6 Å². The largest absolute Gasteiger partial charge is 0.481 e. The molecule has 0 radical (unpaired) electrons. The minimum absolute atomic E-state index is 0.104. The number of piperidine rings is 1. The van der Waals surface area contributed by atoms with Crippen LogP contribution in [0.3, 0.4) is 0 Å². The first-order chi connectivity index (χ1) is 20.1. The quantitative estimate of drug-likeness (QED) is 0.228. The molecule has 0 aromatic heterocycles. The van der Waals surface area contributed by atoms with Crippen LogP contribution in [0.5, 0.6) is 0 Å². The molecule has 0 spiro atoms. The number of aldehydes is 1. The number of ether oxygens (including phenoxy) is 1. The number of rotatable bonds is 11.